The molecule has 3 fully saturated rings. The number of aromatic nitrogens is 2. The maximum Gasteiger partial charge on any atom is 0.149 e. The topological polar surface area (TPSA) is 84.2 Å². The van der Waals surface area contributed by atoms with Gasteiger partial charge in [-0.15, -0.1) is 0 Å². The summed E-state index contributed by atoms with van der Waals surface area (Å²) in [4.78, 5) is 19.9. The number of hydrogen-bond acceptors (Lipinski definition) is 8. The number of aryl methyl sites for hydroxylation is 1. The van der Waals surface area contributed by atoms with Crippen LogP contribution in [0.4, 0.5) is 22.9 Å². The summed E-state index contributed by atoms with van der Waals surface area (Å²) >= 11 is 0. The number of ether oxygens (including phenoxy) is 2. The van der Waals surface area contributed by atoms with Crippen molar-refractivity contribution in [1.29, 1.82) is 0 Å². The fraction of sp³-hybridized carbons (Fsp3) is 0.538. The molecule has 8 heteroatoms. The summed E-state index contributed by atoms with van der Waals surface area (Å²) < 4.78 is 12.6. The van der Waals surface area contributed by atoms with Gasteiger partial charge in [0.15, 0.2) is 0 Å². The van der Waals surface area contributed by atoms with E-state index in [-0.39, 0.29) is 6.10 Å². The average molecular weight is 463 g/mol. The van der Waals surface area contributed by atoms with Gasteiger partial charge >= 0.3 is 0 Å². The summed E-state index contributed by atoms with van der Waals surface area (Å²) in [5.74, 6) is 2.45. The predicted octanol–water partition coefficient (Wildman–Crippen LogP) is 5.01. The highest BCUT2D eigenvalue weighted by molar-refractivity contribution is 5.80. The van der Waals surface area contributed by atoms with Gasteiger partial charge in [-0.05, 0) is 71.2 Å². The van der Waals surface area contributed by atoms with Crippen LogP contribution in [0.2, 0.25) is 0 Å². The van der Waals surface area contributed by atoms with Crippen LogP contribution in [0.3, 0.4) is 0 Å². The van der Waals surface area contributed by atoms with E-state index in [9.17, 15) is 0 Å². The Hall–Kier alpha value is -3.00. The molecule has 2 aromatic rings. The Morgan fingerprint density at radius 2 is 1.91 bits per heavy atom. The quantitative estimate of drug-likeness (QED) is 0.583. The molecular weight excluding hydrogens is 428 g/mol. The highest BCUT2D eigenvalue weighted by Crippen LogP contribution is 2.44. The second kappa shape index (κ2) is 10.1. The van der Waals surface area contributed by atoms with Crippen molar-refractivity contribution in [3.63, 3.8) is 0 Å². The zero-order valence-electron chi connectivity index (χ0n) is 20.1. The van der Waals surface area contributed by atoms with Gasteiger partial charge in [0, 0.05) is 43.3 Å². The second-order valence-electron chi connectivity index (χ2n) is 9.44. The van der Waals surface area contributed by atoms with Gasteiger partial charge in [0.2, 0.25) is 0 Å². The van der Waals surface area contributed by atoms with E-state index in [2.05, 4.69) is 49.0 Å². The minimum atomic E-state index is 0.139. The minimum Gasteiger partial charge on any atom is -0.488 e. The molecule has 0 radical (unpaired) electrons. The molecule has 1 N–H and O–H groups in total. The first kappa shape index (κ1) is 22.8. The summed E-state index contributed by atoms with van der Waals surface area (Å²) in [5.41, 5.74) is 2.64. The van der Waals surface area contributed by atoms with Crippen LogP contribution in [-0.4, -0.2) is 60.3 Å². The van der Waals surface area contributed by atoms with Crippen LogP contribution in [0.1, 0.15) is 51.3 Å². The van der Waals surface area contributed by atoms with Crippen molar-refractivity contribution in [3.8, 4) is 5.75 Å². The van der Waals surface area contributed by atoms with Crippen LogP contribution in [-0.2, 0) is 4.74 Å². The SMILES string of the molecule is C=Nc1c(N=CC)cc(N2CC3CCC(C2)O3)cc1OC1CCC(Nc2ccnc(C)n2)CC1. The fourth-order valence-corrected chi connectivity index (χ4v) is 5.32. The lowest BCUT2D eigenvalue weighted by Crippen LogP contribution is -2.42. The molecule has 2 unspecified atom stereocenters. The first-order valence-corrected chi connectivity index (χ1v) is 12.4. The van der Waals surface area contributed by atoms with Gasteiger partial charge in [-0.3, -0.25) is 9.98 Å². The molecule has 5 rings (SSSR count). The van der Waals surface area contributed by atoms with Crippen molar-refractivity contribution >= 4 is 35.8 Å². The zero-order chi connectivity index (χ0) is 23.5. The van der Waals surface area contributed by atoms with Gasteiger partial charge in [-0.2, -0.15) is 0 Å². The number of benzene rings is 1. The number of fused-ring (bicyclic) bond motifs is 2. The van der Waals surface area contributed by atoms with E-state index >= 15 is 0 Å². The highest BCUT2D eigenvalue weighted by atomic mass is 16.5. The standard InChI is InChI=1S/C26H34N6O2/c1-4-28-23-13-19(32-15-21-9-10-22(16-32)33-21)14-24(26(23)27-3)34-20-7-5-18(6-8-20)31-25-11-12-29-17(2)30-25/h4,11-14,18,20-22H,3,5-10,15-16H2,1-2H3,(H,29,30,31). The molecule has 8 nitrogen and oxygen atoms in total. The van der Waals surface area contributed by atoms with Crippen LogP contribution in [0.5, 0.6) is 5.75 Å². The van der Waals surface area contributed by atoms with Gasteiger partial charge in [0.05, 0.1) is 24.0 Å². The lowest BCUT2D eigenvalue weighted by Gasteiger charge is -2.35. The molecule has 1 aromatic carbocycles. The Balaban J connectivity index is 1.29. The molecule has 2 bridgehead atoms. The Bertz CT molecular complexity index is 1040. The van der Waals surface area contributed by atoms with E-state index in [4.69, 9.17) is 9.47 Å². The molecule has 180 valence electrons. The monoisotopic (exact) mass is 462 g/mol. The normalized spacial score (nSPS) is 26.6. The van der Waals surface area contributed by atoms with Crippen molar-refractivity contribution < 1.29 is 9.47 Å². The fourth-order valence-electron chi connectivity index (χ4n) is 5.32. The molecule has 0 spiro atoms. The minimum absolute atomic E-state index is 0.139. The third-order valence-corrected chi connectivity index (χ3v) is 6.97. The van der Waals surface area contributed by atoms with Crippen LogP contribution < -0.4 is 15.0 Å². The van der Waals surface area contributed by atoms with Crippen LogP contribution in [0.25, 0.3) is 0 Å². The van der Waals surface area contributed by atoms with Crippen LogP contribution in [0.15, 0.2) is 34.4 Å². The molecule has 1 aromatic heterocycles. The molecule has 2 saturated heterocycles. The second-order valence-corrected chi connectivity index (χ2v) is 9.44. The van der Waals surface area contributed by atoms with Crippen molar-refractivity contribution in [1.82, 2.24) is 9.97 Å². The third kappa shape index (κ3) is 5.06. The third-order valence-electron chi connectivity index (χ3n) is 6.97. The first-order chi connectivity index (χ1) is 16.6. The molecule has 0 amide bonds. The van der Waals surface area contributed by atoms with Gasteiger partial charge < -0.3 is 19.7 Å². The molecule has 3 aliphatic rings. The molecule has 3 heterocycles. The smallest absolute Gasteiger partial charge is 0.149 e. The van der Waals surface area contributed by atoms with E-state index in [1.54, 1.807) is 12.4 Å². The highest BCUT2D eigenvalue weighted by Gasteiger charge is 2.34. The molecule has 1 aliphatic carbocycles. The summed E-state index contributed by atoms with van der Waals surface area (Å²) in [6, 6.07) is 6.54. The maximum atomic E-state index is 6.56. The van der Waals surface area contributed by atoms with Crippen molar-refractivity contribution in [3.05, 3.63) is 30.2 Å². The number of morpholine rings is 1. The van der Waals surface area contributed by atoms with Gasteiger partial charge in [0.25, 0.3) is 0 Å². The molecular formula is C26H34N6O2. The van der Waals surface area contributed by atoms with E-state index < -0.39 is 0 Å². The molecule has 34 heavy (non-hydrogen) atoms. The van der Waals surface area contributed by atoms with Crippen LogP contribution in [0, 0.1) is 6.92 Å². The Morgan fingerprint density at radius 3 is 2.59 bits per heavy atom. The number of hydrogen-bond donors (Lipinski definition) is 1. The van der Waals surface area contributed by atoms with Gasteiger partial charge in [0.1, 0.15) is 23.1 Å². The van der Waals surface area contributed by atoms with Crippen molar-refractivity contribution in [2.75, 3.05) is 23.3 Å². The average Bonchev–Trinajstić information content (AvgIpc) is 3.17. The maximum absolute atomic E-state index is 6.56. The number of rotatable bonds is 7. The zero-order valence-corrected chi connectivity index (χ0v) is 20.1. The number of aliphatic imine (C=N–C) groups is 2. The number of nitrogens with zero attached hydrogens (tertiary/aromatic N) is 5. The van der Waals surface area contributed by atoms with E-state index in [0.717, 1.165) is 86.1 Å². The lowest BCUT2D eigenvalue weighted by molar-refractivity contribution is 0.0304. The Labute approximate surface area is 201 Å². The Morgan fingerprint density at radius 1 is 1.15 bits per heavy atom. The number of nitrogens with one attached hydrogen (secondary N) is 1. The molecule has 2 aliphatic heterocycles. The van der Waals surface area contributed by atoms with E-state index in [0.29, 0.717) is 18.2 Å². The van der Waals surface area contributed by atoms with Crippen molar-refractivity contribution in [2.45, 2.75) is 76.7 Å². The molecule has 1 saturated carbocycles. The van der Waals surface area contributed by atoms with Crippen LogP contribution >= 0.6 is 0 Å². The summed E-state index contributed by atoms with van der Waals surface area (Å²) in [6.07, 6.45) is 10.6. The van der Waals surface area contributed by atoms with E-state index in [1.165, 1.54) is 0 Å². The predicted molar refractivity (Wildman–Crippen MR) is 137 cm³/mol. The Kier molecular flexibility index (Phi) is 6.76. The molecule has 2 atom stereocenters. The van der Waals surface area contributed by atoms with Gasteiger partial charge in [-0.25, -0.2) is 9.97 Å². The van der Waals surface area contributed by atoms with Crippen molar-refractivity contribution in [2.24, 2.45) is 9.98 Å². The largest absolute Gasteiger partial charge is 0.488 e. The van der Waals surface area contributed by atoms with Gasteiger partial charge in [-0.1, -0.05) is 0 Å². The first-order valence-electron chi connectivity index (χ1n) is 12.4. The summed E-state index contributed by atoms with van der Waals surface area (Å²) in [7, 11) is 0. The lowest BCUT2D eigenvalue weighted by atomic mass is 9.93. The summed E-state index contributed by atoms with van der Waals surface area (Å²) in [5, 5.41) is 3.55. The summed E-state index contributed by atoms with van der Waals surface area (Å²) in [6.45, 7) is 9.46. The van der Waals surface area contributed by atoms with E-state index in [1.807, 2.05) is 19.9 Å². The number of anilines is 2.